The van der Waals surface area contributed by atoms with Crippen molar-refractivity contribution in [1.29, 1.82) is 0 Å². The molecule has 0 bridgehead atoms. The molecular weight excluding hydrogens is 801 g/mol. The summed E-state index contributed by atoms with van der Waals surface area (Å²) < 4.78 is 0. The van der Waals surface area contributed by atoms with Crippen molar-refractivity contribution >= 4 is 10.8 Å². The van der Waals surface area contributed by atoms with Gasteiger partial charge < -0.3 is 25.5 Å². The van der Waals surface area contributed by atoms with Crippen LogP contribution in [0.2, 0.25) is 0 Å². The van der Waals surface area contributed by atoms with E-state index in [4.69, 9.17) is 0 Å². The van der Waals surface area contributed by atoms with Gasteiger partial charge in [-0.05, 0) is 207 Å². The van der Waals surface area contributed by atoms with Crippen LogP contribution in [-0.2, 0) is 32.1 Å². The molecule has 6 aromatic rings. The molecule has 10 atom stereocenters. The molecule has 0 aliphatic heterocycles. The minimum Gasteiger partial charge on any atom is -0.508 e. The van der Waals surface area contributed by atoms with E-state index in [1.54, 1.807) is 24.3 Å². The van der Waals surface area contributed by atoms with Gasteiger partial charge in [-0.25, -0.2) is 0 Å². The van der Waals surface area contributed by atoms with Crippen LogP contribution in [0, 0.1) is 29.6 Å². The first-order chi connectivity index (χ1) is 30.9. The summed E-state index contributed by atoms with van der Waals surface area (Å²) in [5.41, 5.74) is 13.5. The molecule has 5 aliphatic carbocycles. The molecule has 0 aromatic heterocycles. The zero-order valence-corrected chi connectivity index (χ0v) is 40.6. The molecular formula is C60H74O5. The van der Waals surface area contributed by atoms with E-state index in [9.17, 15) is 25.5 Å². The van der Waals surface area contributed by atoms with Gasteiger partial charge in [0.05, 0.1) is 0 Å². The van der Waals surface area contributed by atoms with Crippen molar-refractivity contribution in [2.75, 3.05) is 0 Å². The molecule has 0 heterocycles. The van der Waals surface area contributed by atoms with Crippen LogP contribution >= 0.6 is 0 Å². The minimum atomic E-state index is 0.398. The fourth-order valence-corrected chi connectivity index (χ4v) is 11.1. The van der Waals surface area contributed by atoms with E-state index in [-0.39, 0.29) is 0 Å². The molecule has 5 nitrogen and oxygen atoms in total. The number of aryl methyl sites for hydroxylation is 1. The fraction of sp³-hybridized carbons (Fsp3) is 0.433. The Balaban J connectivity index is 0.000000122. The highest BCUT2D eigenvalue weighted by Gasteiger charge is 2.30. The van der Waals surface area contributed by atoms with Crippen molar-refractivity contribution in [3.05, 3.63) is 159 Å². The van der Waals surface area contributed by atoms with Crippen molar-refractivity contribution < 1.29 is 25.5 Å². The molecule has 6 aromatic carbocycles. The lowest BCUT2D eigenvalue weighted by atomic mass is 9.77. The Hall–Kier alpha value is -5.42. The fourth-order valence-electron chi connectivity index (χ4n) is 11.1. The second-order valence-corrected chi connectivity index (χ2v) is 20.7. The number of hydrogen-bond acceptors (Lipinski definition) is 5. The number of hydrogen-bond donors (Lipinski definition) is 5. The maximum absolute atomic E-state index is 9.82. The van der Waals surface area contributed by atoms with E-state index in [0.29, 0.717) is 64.3 Å². The highest BCUT2D eigenvalue weighted by Crippen LogP contribution is 2.48. The third-order valence-electron chi connectivity index (χ3n) is 16.5. The third kappa shape index (κ3) is 10.2. The summed E-state index contributed by atoms with van der Waals surface area (Å²) in [6, 6.07) is 33.2. The third-order valence-corrected chi connectivity index (χ3v) is 16.5. The van der Waals surface area contributed by atoms with Crippen LogP contribution < -0.4 is 0 Å². The van der Waals surface area contributed by atoms with Gasteiger partial charge >= 0.3 is 0 Å². The predicted molar refractivity (Wildman–Crippen MR) is 269 cm³/mol. The van der Waals surface area contributed by atoms with Crippen LogP contribution in [0.25, 0.3) is 10.8 Å². The Bertz CT molecular complexity index is 2590. The summed E-state index contributed by atoms with van der Waals surface area (Å²) in [5, 5.41) is 49.6. The van der Waals surface area contributed by atoms with Gasteiger partial charge in [-0.3, -0.25) is 0 Å². The number of benzene rings is 6. The van der Waals surface area contributed by atoms with Crippen molar-refractivity contribution in [3.63, 3.8) is 0 Å². The van der Waals surface area contributed by atoms with Crippen LogP contribution in [0.15, 0.2) is 103 Å². The van der Waals surface area contributed by atoms with E-state index < -0.39 is 0 Å². The van der Waals surface area contributed by atoms with Gasteiger partial charge in [-0.15, -0.1) is 0 Å². The monoisotopic (exact) mass is 875 g/mol. The lowest BCUT2D eigenvalue weighted by molar-refractivity contribution is 0.359. The molecule has 0 saturated carbocycles. The predicted octanol–water partition coefficient (Wildman–Crippen LogP) is 15.0. The SMILES string of the molecule is CC1CCc2cc(O)ccc2C1C.CC1Cc2c(O)cccc2C1C.CC1Cc2cc(O)ccc2C1C.CC1Cc2ccc(O)cc2CC1C.CC1c2cccc3c(O)ccc(c23)C1C. The zero-order chi connectivity index (χ0) is 46.9. The standard InChI is InChI=1S/C14H14O.2C12H16O.2C11H14O/c1-8-9(2)11-6-7-13(15)12-5-3-4-10(8)14(11)12;1-8-5-10-3-4-12(13)7-11(10)6-9(8)2;1-8-3-4-10-7-11(13)5-6-12(10)9(8)2;1-7-5-9-6-10(12)3-4-11(9)8(7)2;1-7-6-10-9(8(7)2)4-3-5-11(10)12/h3-9,15H,1-2H3;3-4,7-9,13H,5-6H2,1-2H3;5-9,13H,3-4H2,1-2H3;3-4,6-8,12H,5H2,1-2H3;3-5,7-8,12H,6H2,1-2H3. The second kappa shape index (κ2) is 20.0. The molecule has 5 heteroatoms. The zero-order valence-electron chi connectivity index (χ0n) is 40.6. The maximum Gasteiger partial charge on any atom is 0.123 e. The molecule has 0 radical (unpaired) electrons. The quantitative estimate of drug-likeness (QED) is 0.105. The van der Waals surface area contributed by atoms with Gasteiger partial charge in [-0.2, -0.15) is 0 Å². The topological polar surface area (TPSA) is 101 Å². The van der Waals surface area contributed by atoms with E-state index in [0.717, 1.165) is 66.7 Å². The molecule has 0 saturated heterocycles. The first kappa shape index (κ1) is 47.5. The molecule has 5 N–H and O–H groups in total. The molecule has 5 aliphatic rings. The van der Waals surface area contributed by atoms with Gasteiger partial charge in [0, 0.05) is 5.39 Å². The lowest BCUT2D eigenvalue weighted by Gasteiger charge is -2.28. The Morgan fingerprint density at radius 1 is 0.354 bits per heavy atom. The van der Waals surface area contributed by atoms with E-state index >= 15 is 0 Å². The summed E-state index contributed by atoms with van der Waals surface area (Å²) >= 11 is 0. The minimum absolute atomic E-state index is 0.398. The Labute approximate surface area is 389 Å². The number of rotatable bonds is 0. The van der Waals surface area contributed by atoms with Crippen LogP contribution in [-0.4, -0.2) is 25.5 Å². The molecule has 65 heavy (non-hydrogen) atoms. The summed E-state index contributed by atoms with van der Waals surface area (Å²) in [6.45, 7) is 22.7. The molecule has 11 rings (SSSR count). The molecule has 344 valence electrons. The Morgan fingerprint density at radius 3 is 1.49 bits per heavy atom. The average molecular weight is 875 g/mol. The first-order valence-corrected chi connectivity index (χ1v) is 24.4. The second-order valence-electron chi connectivity index (χ2n) is 20.7. The average Bonchev–Trinajstić information content (AvgIpc) is 3.84. The van der Waals surface area contributed by atoms with Gasteiger partial charge in [0.25, 0.3) is 0 Å². The molecule has 0 fully saturated rings. The smallest absolute Gasteiger partial charge is 0.123 e. The molecule has 0 amide bonds. The van der Waals surface area contributed by atoms with Gasteiger partial charge in [-0.1, -0.05) is 124 Å². The van der Waals surface area contributed by atoms with Crippen molar-refractivity contribution in [2.45, 2.75) is 137 Å². The van der Waals surface area contributed by atoms with Crippen LogP contribution in [0.5, 0.6) is 28.7 Å². The van der Waals surface area contributed by atoms with Crippen LogP contribution in [0.3, 0.4) is 0 Å². The number of fused-ring (bicyclic) bond motifs is 4. The first-order valence-electron chi connectivity index (χ1n) is 24.4. The van der Waals surface area contributed by atoms with E-state index in [2.05, 4.69) is 106 Å². The van der Waals surface area contributed by atoms with E-state index in [1.165, 1.54) is 61.9 Å². The Kier molecular flexibility index (Phi) is 14.6. The lowest BCUT2D eigenvalue weighted by Crippen LogP contribution is -2.20. The number of aromatic hydroxyl groups is 5. The van der Waals surface area contributed by atoms with Gasteiger partial charge in [0.15, 0.2) is 0 Å². The molecule has 0 spiro atoms. The van der Waals surface area contributed by atoms with Crippen molar-refractivity contribution in [2.24, 2.45) is 29.6 Å². The Morgan fingerprint density at radius 2 is 0.831 bits per heavy atom. The van der Waals surface area contributed by atoms with Gasteiger partial charge in [0.2, 0.25) is 0 Å². The summed E-state index contributed by atoms with van der Waals surface area (Å²) in [6.07, 6.45) is 6.79. The number of phenolic OH excluding ortho intramolecular Hbond substituents is 5. The maximum atomic E-state index is 9.82. The molecule has 10 unspecified atom stereocenters. The summed E-state index contributed by atoms with van der Waals surface area (Å²) in [4.78, 5) is 0. The van der Waals surface area contributed by atoms with Crippen molar-refractivity contribution in [1.82, 2.24) is 0 Å². The van der Waals surface area contributed by atoms with Crippen LogP contribution in [0.4, 0.5) is 0 Å². The van der Waals surface area contributed by atoms with E-state index in [1.807, 2.05) is 42.5 Å². The van der Waals surface area contributed by atoms with Crippen LogP contribution in [0.1, 0.15) is 161 Å². The normalized spacial score (nSPS) is 26.2. The highest BCUT2D eigenvalue weighted by atomic mass is 16.3. The number of phenols is 5. The van der Waals surface area contributed by atoms with Gasteiger partial charge in [0.1, 0.15) is 28.7 Å². The summed E-state index contributed by atoms with van der Waals surface area (Å²) in [5.74, 6) is 8.79. The van der Waals surface area contributed by atoms with Crippen molar-refractivity contribution in [3.8, 4) is 28.7 Å². The highest BCUT2D eigenvalue weighted by molar-refractivity contribution is 5.96. The summed E-state index contributed by atoms with van der Waals surface area (Å²) in [7, 11) is 0. The largest absolute Gasteiger partial charge is 0.508 e.